The highest BCUT2D eigenvalue weighted by Gasteiger charge is 2.14. The molecule has 3 rings (SSSR count). The summed E-state index contributed by atoms with van der Waals surface area (Å²) in [7, 11) is 2.17. The molecule has 0 aliphatic carbocycles. The monoisotopic (exact) mass is 394 g/mol. The van der Waals surface area contributed by atoms with Crippen molar-refractivity contribution in [2.75, 3.05) is 50.0 Å². The van der Waals surface area contributed by atoms with E-state index in [9.17, 15) is 4.79 Å². The first-order chi connectivity index (χ1) is 14.0. The lowest BCUT2D eigenvalue weighted by Crippen LogP contribution is -2.43. The molecule has 1 saturated heterocycles. The Bertz CT molecular complexity index is 778. The van der Waals surface area contributed by atoms with Crippen LogP contribution >= 0.6 is 0 Å². The van der Waals surface area contributed by atoms with E-state index in [0.29, 0.717) is 11.6 Å². The van der Waals surface area contributed by atoms with Gasteiger partial charge in [0.1, 0.15) is 0 Å². The molecule has 156 valence electrons. The number of hydrogen-bond donors (Lipinski definition) is 1. The number of anilines is 2. The molecule has 0 aromatic heterocycles. The predicted molar refractivity (Wildman–Crippen MR) is 122 cm³/mol. The fourth-order valence-electron chi connectivity index (χ4n) is 3.81. The van der Waals surface area contributed by atoms with Crippen LogP contribution in [0.5, 0.6) is 0 Å². The van der Waals surface area contributed by atoms with Gasteiger partial charge in [-0.05, 0) is 69.8 Å². The van der Waals surface area contributed by atoms with Crippen molar-refractivity contribution in [3.8, 4) is 0 Å². The molecule has 1 amide bonds. The van der Waals surface area contributed by atoms with Crippen LogP contribution in [0.3, 0.4) is 0 Å². The molecule has 1 aliphatic rings. The van der Waals surface area contributed by atoms with Crippen molar-refractivity contribution in [1.29, 1.82) is 0 Å². The summed E-state index contributed by atoms with van der Waals surface area (Å²) in [5, 5.41) is 3.01. The van der Waals surface area contributed by atoms with Crippen LogP contribution in [0.15, 0.2) is 48.5 Å². The summed E-state index contributed by atoms with van der Waals surface area (Å²) in [6.45, 7) is 12.9. The molecule has 1 aliphatic heterocycles. The van der Waals surface area contributed by atoms with Gasteiger partial charge < -0.3 is 15.1 Å². The van der Waals surface area contributed by atoms with E-state index in [1.54, 1.807) is 0 Å². The van der Waals surface area contributed by atoms with Crippen molar-refractivity contribution < 1.29 is 4.79 Å². The van der Waals surface area contributed by atoms with Gasteiger partial charge in [0.15, 0.2) is 0 Å². The number of nitrogens with one attached hydrogen (secondary N) is 1. The second-order valence-corrected chi connectivity index (χ2v) is 8.16. The maximum absolute atomic E-state index is 12.6. The molecule has 1 fully saturated rings. The molecule has 0 spiro atoms. The molecule has 5 nitrogen and oxygen atoms in total. The summed E-state index contributed by atoms with van der Waals surface area (Å²) < 4.78 is 0. The number of benzene rings is 2. The van der Waals surface area contributed by atoms with E-state index < -0.39 is 0 Å². The Hall–Kier alpha value is -2.37. The number of amides is 1. The number of nitrogens with zero attached hydrogens (tertiary/aromatic N) is 3. The zero-order valence-corrected chi connectivity index (χ0v) is 18.2. The van der Waals surface area contributed by atoms with E-state index >= 15 is 0 Å². The summed E-state index contributed by atoms with van der Waals surface area (Å²) >= 11 is 0. The van der Waals surface area contributed by atoms with E-state index in [1.807, 2.05) is 36.4 Å². The minimum atomic E-state index is -0.0732. The van der Waals surface area contributed by atoms with Gasteiger partial charge in [-0.1, -0.05) is 12.1 Å². The second kappa shape index (κ2) is 9.90. The number of carbonyl (C=O) groups is 1. The van der Waals surface area contributed by atoms with E-state index in [4.69, 9.17) is 0 Å². The summed E-state index contributed by atoms with van der Waals surface area (Å²) in [4.78, 5) is 19.7. The molecule has 2 aromatic rings. The zero-order chi connectivity index (χ0) is 20.8. The van der Waals surface area contributed by atoms with Crippen LogP contribution in [0.2, 0.25) is 0 Å². The zero-order valence-electron chi connectivity index (χ0n) is 18.2. The largest absolute Gasteiger partial charge is 0.369 e. The molecule has 29 heavy (non-hydrogen) atoms. The smallest absolute Gasteiger partial charge is 0.255 e. The van der Waals surface area contributed by atoms with Crippen LogP contribution in [0.1, 0.15) is 36.7 Å². The molecule has 0 bridgehead atoms. The summed E-state index contributed by atoms with van der Waals surface area (Å²) in [5.41, 5.74) is 3.94. The number of likely N-dealkylation sites (N-methyl/N-ethyl adjacent to an activating group) is 1. The van der Waals surface area contributed by atoms with Crippen molar-refractivity contribution in [3.05, 3.63) is 59.7 Å². The Kier molecular flexibility index (Phi) is 7.29. The quantitative estimate of drug-likeness (QED) is 0.773. The fourth-order valence-corrected chi connectivity index (χ4v) is 3.81. The average Bonchev–Trinajstić information content (AvgIpc) is 2.72. The number of carbonyl (C=O) groups excluding carboxylic acids is 1. The second-order valence-electron chi connectivity index (χ2n) is 8.16. The summed E-state index contributed by atoms with van der Waals surface area (Å²) in [5.74, 6) is -0.0732. The van der Waals surface area contributed by atoms with Crippen LogP contribution in [0.25, 0.3) is 0 Å². The summed E-state index contributed by atoms with van der Waals surface area (Å²) in [6.07, 6.45) is 0. The van der Waals surface area contributed by atoms with E-state index in [2.05, 4.69) is 60.0 Å². The summed E-state index contributed by atoms with van der Waals surface area (Å²) in [6, 6.07) is 16.5. The van der Waals surface area contributed by atoms with Crippen molar-refractivity contribution >= 4 is 17.3 Å². The number of rotatable bonds is 7. The Morgan fingerprint density at radius 3 is 2.17 bits per heavy atom. The van der Waals surface area contributed by atoms with Gasteiger partial charge in [-0.2, -0.15) is 0 Å². The van der Waals surface area contributed by atoms with Crippen LogP contribution in [0, 0.1) is 0 Å². The predicted octanol–water partition coefficient (Wildman–Crippen LogP) is 3.92. The third kappa shape index (κ3) is 5.81. The van der Waals surface area contributed by atoms with Crippen molar-refractivity contribution in [2.24, 2.45) is 0 Å². The van der Waals surface area contributed by atoms with Gasteiger partial charge >= 0.3 is 0 Å². The molecular formula is C24H34N4O. The van der Waals surface area contributed by atoms with E-state index in [0.717, 1.165) is 50.6 Å². The standard InChI is InChI=1S/C24H34N4O/c1-5-28(19(2)3)23-12-8-21(9-13-23)24(29)25-22-10-6-20(7-11-22)18-27-16-14-26(4)15-17-27/h6-13,19H,5,14-18H2,1-4H3,(H,25,29). The Labute approximate surface area is 175 Å². The molecule has 1 heterocycles. The first-order valence-electron chi connectivity index (χ1n) is 10.6. The third-order valence-electron chi connectivity index (χ3n) is 5.64. The van der Waals surface area contributed by atoms with E-state index in [-0.39, 0.29) is 5.91 Å². The maximum atomic E-state index is 12.6. The van der Waals surface area contributed by atoms with Crippen molar-refractivity contribution in [3.63, 3.8) is 0 Å². The molecule has 2 aromatic carbocycles. The van der Waals surface area contributed by atoms with Gasteiger partial charge in [0.25, 0.3) is 5.91 Å². The lowest BCUT2D eigenvalue weighted by atomic mass is 10.1. The maximum Gasteiger partial charge on any atom is 0.255 e. The van der Waals surface area contributed by atoms with E-state index in [1.165, 1.54) is 5.56 Å². The normalized spacial score (nSPS) is 15.5. The number of hydrogen-bond acceptors (Lipinski definition) is 4. The van der Waals surface area contributed by atoms with Crippen LogP contribution < -0.4 is 10.2 Å². The Morgan fingerprint density at radius 1 is 1.00 bits per heavy atom. The Balaban J connectivity index is 1.56. The molecule has 0 saturated carbocycles. The average molecular weight is 395 g/mol. The van der Waals surface area contributed by atoms with Crippen molar-refractivity contribution in [1.82, 2.24) is 9.80 Å². The van der Waals surface area contributed by atoms with Gasteiger partial charge in [0, 0.05) is 62.2 Å². The van der Waals surface area contributed by atoms with Gasteiger partial charge in [-0.15, -0.1) is 0 Å². The fraction of sp³-hybridized carbons (Fsp3) is 0.458. The number of piperazine rings is 1. The van der Waals surface area contributed by atoms with Gasteiger partial charge in [-0.3, -0.25) is 9.69 Å². The topological polar surface area (TPSA) is 38.8 Å². The van der Waals surface area contributed by atoms with Gasteiger partial charge in [0.05, 0.1) is 0 Å². The van der Waals surface area contributed by atoms with Crippen LogP contribution in [-0.2, 0) is 6.54 Å². The first-order valence-corrected chi connectivity index (χ1v) is 10.6. The molecule has 0 unspecified atom stereocenters. The van der Waals surface area contributed by atoms with Gasteiger partial charge in [0.2, 0.25) is 0 Å². The molecule has 0 radical (unpaired) electrons. The van der Waals surface area contributed by atoms with Crippen LogP contribution in [0.4, 0.5) is 11.4 Å². The van der Waals surface area contributed by atoms with Crippen molar-refractivity contribution in [2.45, 2.75) is 33.4 Å². The molecule has 1 N–H and O–H groups in total. The van der Waals surface area contributed by atoms with Gasteiger partial charge in [-0.25, -0.2) is 0 Å². The highest BCUT2D eigenvalue weighted by molar-refractivity contribution is 6.04. The lowest BCUT2D eigenvalue weighted by molar-refractivity contribution is 0.102. The highest BCUT2D eigenvalue weighted by Crippen LogP contribution is 2.19. The van der Waals surface area contributed by atoms with Crippen LogP contribution in [-0.4, -0.2) is 61.5 Å². The highest BCUT2D eigenvalue weighted by atomic mass is 16.1. The third-order valence-corrected chi connectivity index (χ3v) is 5.64. The minimum Gasteiger partial charge on any atom is -0.369 e. The molecule has 5 heteroatoms. The SMILES string of the molecule is CCN(c1ccc(C(=O)Nc2ccc(CN3CCN(C)CC3)cc2)cc1)C(C)C. The Morgan fingerprint density at radius 2 is 1.62 bits per heavy atom. The minimum absolute atomic E-state index is 0.0732. The molecular weight excluding hydrogens is 360 g/mol. The molecule has 0 atom stereocenters. The lowest BCUT2D eigenvalue weighted by Gasteiger charge is -2.32. The first kappa shape index (κ1) is 21.3.